The number of ether oxygens (including phenoxy) is 2. The van der Waals surface area contributed by atoms with Gasteiger partial charge in [-0.2, -0.15) is 0 Å². The lowest BCUT2D eigenvalue weighted by atomic mass is 10.1. The van der Waals surface area contributed by atoms with Crippen LogP contribution in [0, 0.1) is 16.5 Å². The monoisotopic (exact) mass is 312 g/mol. The molecule has 0 radical (unpaired) electrons. The average Bonchev–Trinajstić information content (AvgIpc) is 2.72. The van der Waals surface area contributed by atoms with E-state index in [0.717, 1.165) is 18.5 Å². The van der Waals surface area contributed by atoms with Gasteiger partial charge < -0.3 is 19.0 Å². The van der Waals surface area contributed by atoms with Gasteiger partial charge in [-0.3, -0.25) is 0 Å². The highest BCUT2D eigenvalue weighted by atomic mass is 32.1. The zero-order valence-corrected chi connectivity index (χ0v) is 13.4. The Morgan fingerprint density at radius 2 is 2.10 bits per heavy atom. The Morgan fingerprint density at radius 1 is 1.33 bits per heavy atom. The topological polar surface area (TPSA) is 39.2 Å². The summed E-state index contributed by atoms with van der Waals surface area (Å²) in [4.78, 5) is 3.00. The van der Waals surface area contributed by atoms with Crippen molar-refractivity contribution in [2.24, 2.45) is 5.92 Å². The third-order valence-electron chi connectivity index (χ3n) is 3.35. The second-order valence-corrected chi connectivity index (χ2v) is 5.77. The third kappa shape index (κ3) is 3.83. The molecule has 0 amide bonds. The molecule has 0 spiro atoms. The van der Waals surface area contributed by atoms with Crippen LogP contribution in [-0.4, -0.2) is 29.9 Å². The summed E-state index contributed by atoms with van der Waals surface area (Å²) in [6, 6.07) is 3.06. The number of nitrogens with one attached hydrogen (secondary N) is 1. The summed E-state index contributed by atoms with van der Waals surface area (Å²) >= 11 is 5.28. The molecule has 0 bridgehead atoms. The summed E-state index contributed by atoms with van der Waals surface area (Å²) in [5.41, 5.74) is 1.49. The maximum Gasteiger partial charge on any atom is 0.178 e. The van der Waals surface area contributed by atoms with Crippen molar-refractivity contribution in [2.75, 3.05) is 20.3 Å². The second kappa shape index (κ2) is 7.04. The van der Waals surface area contributed by atoms with E-state index < -0.39 is 5.82 Å². The molecule has 116 valence electrons. The van der Waals surface area contributed by atoms with E-state index in [-0.39, 0.29) is 5.75 Å². The van der Waals surface area contributed by atoms with Crippen LogP contribution in [0.2, 0.25) is 0 Å². The largest absolute Gasteiger partial charge is 0.494 e. The van der Waals surface area contributed by atoms with E-state index in [0.29, 0.717) is 29.4 Å². The molecular weight excluding hydrogens is 291 g/mol. The van der Waals surface area contributed by atoms with Gasteiger partial charge in [-0.25, -0.2) is 4.39 Å². The molecule has 0 fully saturated rings. The van der Waals surface area contributed by atoms with Gasteiger partial charge in [-0.1, -0.05) is 13.8 Å². The molecule has 1 aromatic carbocycles. The fourth-order valence-electron chi connectivity index (χ4n) is 2.11. The smallest absolute Gasteiger partial charge is 0.178 e. The molecule has 21 heavy (non-hydrogen) atoms. The minimum absolute atomic E-state index is 0.214. The summed E-state index contributed by atoms with van der Waals surface area (Å²) in [5, 5.41) is 0. The Bertz CT molecular complexity index is 663. The van der Waals surface area contributed by atoms with Crippen LogP contribution in [-0.2, 0) is 11.3 Å². The molecule has 4 nitrogen and oxygen atoms in total. The van der Waals surface area contributed by atoms with Gasteiger partial charge >= 0.3 is 0 Å². The van der Waals surface area contributed by atoms with Crippen molar-refractivity contribution in [3.63, 3.8) is 0 Å². The zero-order valence-electron chi connectivity index (χ0n) is 12.6. The van der Waals surface area contributed by atoms with Gasteiger partial charge in [0.15, 0.2) is 16.3 Å². The van der Waals surface area contributed by atoms with Crippen LogP contribution in [0.15, 0.2) is 12.1 Å². The zero-order chi connectivity index (χ0) is 15.4. The quantitative estimate of drug-likeness (QED) is 0.622. The minimum atomic E-state index is -0.401. The number of rotatable bonds is 7. The normalized spacial score (nSPS) is 11.5. The highest BCUT2D eigenvalue weighted by molar-refractivity contribution is 7.71. The van der Waals surface area contributed by atoms with E-state index in [1.54, 1.807) is 6.07 Å². The third-order valence-corrected chi connectivity index (χ3v) is 3.67. The van der Waals surface area contributed by atoms with Gasteiger partial charge in [-0.05, 0) is 24.6 Å². The minimum Gasteiger partial charge on any atom is -0.494 e. The van der Waals surface area contributed by atoms with E-state index in [2.05, 4.69) is 18.8 Å². The maximum absolute atomic E-state index is 13.7. The van der Waals surface area contributed by atoms with Crippen LogP contribution >= 0.6 is 12.2 Å². The van der Waals surface area contributed by atoms with E-state index in [1.807, 2.05) is 4.57 Å². The van der Waals surface area contributed by atoms with Crippen molar-refractivity contribution in [3.8, 4) is 5.75 Å². The number of hydrogen-bond donors (Lipinski definition) is 1. The summed E-state index contributed by atoms with van der Waals surface area (Å²) in [7, 11) is 1.45. The second-order valence-electron chi connectivity index (χ2n) is 5.38. The Labute approximate surface area is 128 Å². The molecule has 0 saturated heterocycles. The van der Waals surface area contributed by atoms with E-state index in [1.165, 1.54) is 13.2 Å². The van der Waals surface area contributed by atoms with Gasteiger partial charge in [0.1, 0.15) is 0 Å². The number of benzene rings is 1. The number of H-pyrrole nitrogens is 1. The molecule has 2 aromatic rings. The van der Waals surface area contributed by atoms with Gasteiger partial charge in [0.25, 0.3) is 0 Å². The molecular formula is C15H21FN2O2S. The SMILES string of the molecule is COc1cc2c(cc1F)[nH]c(=S)n2CCOCCC(C)C. The number of halogens is 1. The average molecular weight is 312 g/mol. The van der Waals surface area contributed by atoms with E-state index >= 15 is 0 Å². The predicted molar refractivity (Wildman–Crippen MR) is 83.9 cm³/mol. The molecule has 6 heteroatoms. The van der Waals surface area contributed by atoms with Crippen LogP contribution < -0.4 is 4.74 Å². The fourth-order valence-corrected chi connectivity index (χ4v) is 2.41. The van der Waals surface area contributed by atoms with Crippen LogP contribution in [0.3, 0.4) is 0 Å². The Hall–Kier alpha value is -1.40. The number of aromatic amines is 1. The first kappa shape index (κ1) is 16.0. The van der Waals surface area contributed by atoms with Crippen LogP contribution in [0.5, 0.6) is 5.75 Å². The van der Waals surface area contributed by atoms with Crippen molar-refractivity contribution < 1.29 is 13.9 Å². The summed E-state index contributed by atoms with van der Waals surface area (Å²) in [6.45, 7) is 6.28. The molecule has 0 saturated carbocycles. The lowest BCUT2D eigenvalue weighted by Gasteiger charge is -2.08. The Kier molecular flexibility index (Phi) is 5.36. The standard InChI is InChI=1S/C15H21FN2O2S/c1-10(2)4-6-20-7-5-18-13-9-14(19-3)11(16)8-12(13)17-15(18)21/h8-10H,4-7H2,1-3H3,(H,17,21). The van der Waals surface area contributed by atoms with Crippen molar-refractivity contribution in [3.05, 3.63) is 22.7 Å². The van der Waals surface area contributed by atoms with Crippen molar-refractivity contribution in [2.45, 2.75) is 26.8 Å². The first-order chi connectivity index (χ1) is 10.0. The molecule has 0 aliphatic rings. The first-order valence-electron chi connectivity index (χ1n) is 7.06. The van der Waals surface area contributed by atoms with E-state index in [9.17, 15) is 4.39 Å². The highest BCUT2D eigenvalue weighted by Crippen LogP contribution is 2.24. The van der Waals surface area contributed by atoms with Crippen molar-refractivity contribution in [1.82, 2.24) is 9.55 Å². The number of imidazole rings is 1. The Balaban J connectivity index is 2.12. The first-order valence-corrected chi connectivity index (χ1v) is 7.47. The summed E-state index contributed by atoms with van der Waals surface area (Å²) in [5.74, 6) is 0.444. The highest BCUT2D eigenvalue weighted by Gasteiger charge is 2.10. The number of nitrogens with zero attached hydrogens (tertiary/aromatic N) is 1. The van der Waals surface area contributed by atoms with Gasteiger partial charge in [0.2, 0.25) is 0 Å². The number of fused-ring (bicyclic) bond motifs is 1. The number of aromatic nitrogens is 2. The lowest BCUT2D eigenvalue weighted by molar-refractivity contribution is 0.116. The maximum atomic E-state index is 13.7. The molecule has 1 heterocycles. The molecule has 0 atom stereocenters. The van der Waals surface area contributed by atoms with Crippen LogP contribution in [0.1, 0.15) is 20.3 Å². The van der Waals surface area contributed by atoms with Gasteiger partial charge in [-0.15, -0.1) is 0 Å². The fraction of sp³-hybridized carbons (Fsp3) is 0.533. The van der Waals surface area contributed by atoms with Gasteiger partial charge in [0, 0.05) is 25.3 Å². The Morgan fingerprint density at radius 3 is 2.76 bits per heavy atom. The molecule has 1 aromatic heterocycles. The number of methoxy groups -OCH3 is 1. The van der Waals surface area contributed by atoms with Crippen LogP contribution in [0.25, 0.3) is 11.0 Å². The summed E-state index contributed by atoms with van der Waals surface area (Å²) in [6.07, 6.45) is 1.04. The molecule has 2 rings (SSSR count). The molecule has 1 N–H and O–H groups in total. The molecule has 0 unspecified atom stereocenters. The number of hydrogen-bond acceptors (Lipinski definition) is 3. The van der Waals surface area contributed by atoms with Crippen molar-refractivity contribution in [1.29, 1.82) is 0 Å². The summed E-state index contributed by atoms with van der Waals surface area (Å²) < 4.78 is 26.8. The predicted octanol–water partition coefficient (Wildman–Crippen LogP) is 3.91. The van der Waals surface area contributed by atoms with Crippen LogP contribution in [0.4, 0.5) is 4.39 Å². The van der Waals surface area contributed by atoms with E-state index in [4.69, 9.17) is 21.7 Å². The molecule has 0 aliphatic carbocycles. The molecule has 0 aliphatic heterocycles. The van der Waals surface area contributed by atoms with Crippen molar-refractivity contribution >= 4 is 23.3 Å². The van der Waals surface area contributed by atoms with Gasteiger partial charge in [0.05, 0.1) is 24.8 Å². The lowest BCUT2D eigenvalue weighted by Crippen LogP contribution is -2.08.